The Morgan fingerprint density at radius 2 is 2.21 bits per heavy atom. The van der Waals surface area contributed by atoms with Crippen LogP contribution in [0.15, 0.2) is 12.2 Å². The van der Waals surface area contributed by atoms with Gasteiger partial charge in [0.15, 0.2) is 0 Å². The van der Waals surface area contributed by atoms with Gasteiger partial charge in [-0.05, 0) is 44.6 Å². The van der Waals surface area contributed by atoms with Crippen LogP contribution < -0.4 is 5.32 Å². The minimum atomic E-state index is 0.755. The van der Waals surface area contributed by atoms with Crippen molar-refractivity contribution in [1.29, 1.82) is 0 Å². The van der Waals surface area contributed by atoms with Gasteiger partial charge in [-0.3, -0.25) is 0 Å². The van der Waals surface area contributed by atoms with Gasteiger partial charge < -0.3 is 5.32 Å². The molecule has 1 N–H and O–H groups in total. The Kier molecular flexibility index (Phi) is 5.93. The van der Waals surface area contributed by atoms with Crippen molar-refractivity contribution < 1.29 is 0 Å². The Balaban J connectivity index is 2.14. The number of nitrogens with one attached hydrogen (secondary N) is 1. The molecule has 1 aliphatic carbocycles. The first-order valence-electron chi connectivity index (χ1n) is 6.25. The van der Waals surface area contributed by atoms with Gasteiger partial charge in [-0.15, -0.1) is 0 Å². The highest BCUT2D eigenvalue weighted by molar-refractivity contribution is 4.90. The average molecular weight is 195 g/mol. The summed E-state index contributed by atoms with van der Waals surface area (Å²) < 4.78 is 0. The smallest absolute Gasteiger partial charge is 0.00644 e. The molecule has 0 saturated carbocycles. The van der Waals surface area contributed by atoms with Crippen molar-refractivity contribution in [3.63, 3.8) is 0 Å². The minimum absolute atomic E-state index is 0.755. The van der Waals surface area contributed by atoms with Gasteiger partial charge in [-0.1, -0.05) is 32.4 Å². The maximum Gasteiger partial charge on any atom is 0.00644 e. The summed E-state index contributed by atoms with van der Waals surface area (Å²) in [6.45, 7) is 5.78. The summed E-state index contributed by atoms with van der Waals surface area (Å²) in [4.78, 5) is 0. The van der Waals surface area contributed by atoms with Gasteiger partial charge in [-0.2, -0.15) is 0 Å². The molecule has 0 aromatic carbocycles. The lowest BCUT2D eigenvalue weighted by Gasteiger charge is -2.22. The molecule has 0 spiro atoms. The molecular formula is C13H25N. The molecule has 1 heteroatoms. The van der Waals surface area contributed by atoms with E-state index in [1.165, 1.54) is 45.1 Å². The van der Waals surface area contributed by atoms with Crippen LogP contribution in [0.4, 0.5) is 0 Å². The van der Waals surface area contributed by atoms with Gasteiger partial charge >= 0.3 is 0 Å². The normalized spacial score (nSPS) is 23.7. The van der Waals surface area contributed by atoms with Crippen molar-refractivity contribution in [2.75, 3.05) is 6.54 Å². The number of hydrogen-bond acceptors (Lipinski definition) is 1. The van der Waals surface area contributed by atoms with Gasteiger partial charge in [0, 0.05) is 6.04 Å². The van der Waals surface area contributed by atoms with Gasteiger partial charge in [-0.25, -0.2) is 0 Å². The van der Waals surface area contributed by atoms with E-state index in [1.54, 1.807) is 0 Å². The molecule has 1 nitrogen and oxygen atoms in total. The van der Waals surface area contributed by atoms with Crippen molar-refractivity contribution in [3.05, 3.63) is 12.2 Å². The van der Waals surface area contributed by atoms with E-state index in [9.17, 15) is 0 Å². The van der Waals surface area contributed by atoms with E-state index in [2.05, 4.69) is 31.3 Å². The highest BCUT2D eigenvalue weighted by atomic mass is 14.9. The third-order valence-electron chi connectivity index (χ3n) is 3.20. The third-order valence-corrected chi connectivity index (χ3v) is 3.20. The zero-order valence-electron chi connectivity index (χ0n) is 9.76. The molecule has 82 valence electrons. The fourth-order valence-electron chi connectivity index (χ4n) is 2.17. The Labute approximate surface area is 89.0 Å². The monoisotopic (exact) mass is 195 g/mol. The third kappa shape index (κ3) is 4.28. The first-order chi connectivity index (χ1) is 6.86. The molecule has 1 aliphatic rings. The Morgan fingerprint density at radius 1 is 1.36 bits per heavy atom. The fourth-order valence-corrected chi connectivity index (χ4v) is 2.17. The Hall–Kier alpha value is -0.300. The molecule has 2 atom stereocenters. The van der Waals surface area contributed by atoms with Crippen molar-refractivity contribution in [1.82, 2.24) is 5.32 Å². The molecule has 0 aliphatic heterocycles. The van der Waals surface area contributed by atoms with E-state index < -0.39 is 0 Å². The summed E-state index contributed by atoms with van der Waals surface area (Å²) in [7, 11) is 0. The molecular weight excluding hydrogens is 170 g/mol. The summed E-state index contributed by atoms with van der Waals surface area (Å²) in [6, 6.07) is 0.755. The topological polar surface area (TPSA) is 12.0 Å². The first-order valence-corrected chi connectivity index (χ1v) is 6.25. The van der Waals surface area contributed by atoms with Gasteiger partial charge in [0.25, 0.3) is 0 Å². The van der Waals surface area contributed by atoms with Crippen molar-refractivity contribution in [2.24, 2.45) is 5.92 Å². The standard InChI is InChI=1S/C13H25N/c1-3-8-13(4-2)14-11-12-9-6-5-7-10-12/h5-6,12-14H,3-4,7-11H2,1-2H3. The van der Waals surface area contributed by atoms with Crippen LogP contribution in [0, 0.1) is 5.92 Å². The van der Waals surface area contributed by atoms with E-state index in [0.29, 0.717) is 0 Å². The highest BCUT2D eigenvalue weighted by Gasteiger charge is 2.11. The fraction of sp³-hybridized carbons (Fsp3) is 0.846. The summed E-state index contributed by atoms with van der Waals surface area (Å²) in [5, 5.41) is 3.71. The minimum Gasteiger partial charge on any atom is -0.314 e. The van der Waals surface area contributed by atoms with Crippen LogP contribution in [0.1, 0.15) is 52.4 Å². The van der Waals surface area contributed by atoms with Crippen molar-refractivity contribution >= 4 is 0 Å². The molecule has 0 bridgehead atoms. The van der Waals surface area contributed by atoms with Crippen LogP contribution in [0.3, 0.4) is 0 Å². The molecule has 0 radical (unpaired) electrons. The summed E-state index contributed by atoms with van der Waals surface area (Å²) in [5.74, 6) is 0.894. The van der Waals surface area contributed by atoms with Gasteiger partial charge in [0.1, 0.15) is 0 Å². The van der Waals surface area contributed by atoms with Crippen molar-refractivity contribution in [2.45, 2.75) is 58.4 Å². The zero-order valence-corrected chi connectivity index (χ0v) is 9.76. The molecule has 2 unspecified atom stereocenters. The second kappa shape index (κ2) is 7.05. The van der Waals surface area contributed by atoms with Crippen LogP contribution in [-0.2, 0) is 0 Å². The molecule has 0 fully saturated rings. The summed E-state index contributed by atoms with van der Waals surface area (Å²) >= 11 is 0. The summed E-state index contributed by atoms with van der Waals surface area (Å²) in [5.41, 5.74) is 0. The molecule has 14 heavy (non-hydrogen) atoms. The Morgan fingerprint density at radius 3 is 2.79 bits per heavy atom. The number of rotatable bonds is 6. The quantitative estimate of drug-likeness (QED) is 0.640. The lowest BCUT2D eigenvalue weighted by atomic mass is 9.94. The van der Waals surface area contributed by atoms with E-state index in [4.69, 9.17) is 0 Å². The summed E-state index contributed by atoms with van der Waals surface area (Å²) in [6.07, 6.45) is 12.5. The maximum atomic E-state index is 3.71. The van der Waals surface area contributed by atoms with Crippen molar-refractivity contribution in [3.8, 4) is 0 Å². The molecule has 0 aromatic heterocycles. The largest absolute Gasteiger partial charge is 0.314 e. The molecule has 0 saturated heterocycles. The van der Waals surface area contributed by atoms with E-state index in [-0.39, 0.29) is 0 Å². The predicted octanol–water partition coefficient (Wildman–Crippen LogP) is 3.51. The lowest BCUT2D eigenvalue weighted by molar-refractivity contribution is 0.382. The predicted molar refractivity (Wildman–Crippen MR) is 63.5 cm³/mol. The molecule has 0 heterocycles. The molecule has 0 amide bonds. The zero-order chi connectivity index (χ0) is 10.2. The van der Waals surface area contributed by atoms with E-state index in [0.717, 1.165) is 12.0 Å². The molecule has 1 rings (SSSR count). The van der Waals surface area contributed by atoms with Gasteiger partial charge in [0.2, 0.25) is 0 Å². The van der Waals surface area contributed by atoms with Crippen LogP contribution in [-0.4, -0.2) is 12.6 Å². The Bertz CT molecular complexity index is 163. The first kappa shape index (κ1) is 11.8. The van der Waals surface area contributed by atoms with E-state index in [1.807, 2.05) is 0 Å². The van der Waals surface area contributed by atoms with Crippen LogP contribution in [0.25, 0.3) is 0 Å². The van der Waals surface area contributed by atoms with E-state index >= 15 is 0 Å². The second-order valence-electron chi connectivity index (χ2n) is 4.45. The maximum absolute atomic E-state index is 3.71. The number of allylic oxidation sites excluding steroid dienone is 2. The molecule has 0 aromatic rings. The number of hydrogen-bond donors (Lipinski definition) is 1. The SMILES string of the molecule is CCCC(CC)NCC1CC=CCC1. The highest BCUT2D eigenvalue weighted by Crippen LogP contribution is 2.17. The van der Waals surface area contributed by atoms with Crippen LogP contribution >= 0.6 is 0 Å². The lowest BCUT2D eigenvalue weighted by Crippen LogP contribution is -2.33. The van der Waals surface area contributed by atoms with Crippen LogP contribution in [0.5, 0.6) is 0 Å². The average Bonchev–Trinajstić information content (AvgIpc) is 2.25. The second-order valence-corrected chi connectivity index (χ2v) is 4.45. The van der Waals surface area contributed by atoms with Crippen LogP contribution in [0.2, 0.25) is 0 Å². The van der Waals surface area contributed by atoms with Gasteiger partial charge in [0.05, 0.1) is 0 Å².